The van der Waals surface area contributed by atoms with Crippen molar-refractivity contribution in [2.24, 2.45) is 11.1 Å². The first kappa shape index (κ1) is 14.9. The standard InChI is InChI=1S/C13H26N2OS/c1-10-8-15(9-13(4,5)16-10)7-6-12(2,3)11(14)17/h10H,6-9H2,1-5H3,(H2,14,17). The van der Waals surface area contributed by atoms with Gasteiger partial charge in [0.2, 0.25) is 0 Å². The Morgan fingerprint density at radius 1 is 1.53 bits per heavy atom. The summed E-state index contributed by atoms with van der Waals surface area (Å²) in [7, 11) is 0. The van der Waals surface area contributed by atoms with E-state index in [-0.39, 0.29) is 11.0 Å². The molecule has 0 aliphatic carbocycles. The number of rotatable bonds is 4. The molecule has 2 N–H and O–H groups in total. The summed E-state index contributed by atoms with van der Waals surface area (Å²) in [6.45, 7) is 13.7. The van der Waals surface area contributed by atoms with Crippen molar-refractivity contribution in [3.8, 4) is 0 Å². The van der Waals surface area contributed by atoms with Crippen molar-refractivity contribution in [2.45, 2.75) is 52.7 Å². The summed E-state index contributed by atoms with van der Waals surface area (Å²) in [5, 5.41) is 0. The molecule has 3 nitrogen and oxygen atoms in total. The van der Waals surface area contributed by atoms with Crippen molar-refractivity contribution in [2.75, 3.05) is 19.6 Å². The van der Waals surface area contributed by atoms with E-state index < -0.39 is 0 Å². The van der Waals surface area contributed by atoms with Crippen molar-refractivity contribution in [1.29, 1.82) is 0 Å². The molecule has 1 aliphatic rings. The number of morpholine rings is 1. The van der Waals surface area contributed by atoms with Gasteiger partial charge in [0.05, 0.1) is 16.7 Å². The van der Waals surface area contributed by atoms with Gasteiger partial charge in [-0.05, 0) is 33.7 Å². The SMILES string of the molecule is CC1CN(CCC(C)(C)C(N)=S)CC(C)(C)O1. The maximum Gasteiger partial charge on any atom is 0.0784 e. The van der Waals surface area contributed by atoms with Gasteiger partial charge in [0.1, 0.15) is 0 Å². The van der Waals surface area contributed by atoms with E-state index in [0.29, 0.717) is 11.1 Å². The minimum atomic E-state index is -0.0545. The molecule has 4 heteroatoms. The zero-order chi connectivity index (χ0) is 13.3. The number of hydrogen-bond donors (Lipinski definition) is 1. The highest BCUT2D eigenvalue weighted by Gasteiger charge is 2.32. The maximum atomic E-state index is 5.89. The van der Waals surface area contributed by atoms with E-state index in [9.17, 15) is 0 Å². The molecule has 1 fully saturated rings. The third kappa shape index (κ3) is 4.53. The topological polar surface area (TPSA) is 38.5 Å². The molecule has 1 atom stereocenters. The largest absolute Gasteiger partial charge is 0.393 e. The number of nitrogens with zero attached hydrogens (tertiary/aromatic N) is 1. The Labute approximate surface area is 111 Å². The van der Waals surface area contributed by atoms with Crippen LogP contribution >= 0.6 is 12.2 Å². The van der Waals surface area contributed by atoms with Gasteiger partial charge < -0.3 is 10.5 Å². The predicted octanol–water partition coefficient (Wildman–Crippen LogP) is 2.19. The average Bonchev–Trinajstić information content (AvgIpc) is 2.11. The van der Waals surface area contributed by atoms with E-state index in [2.05, 4.69) is 39.5 Å². The summed E-state index contributed by atoms with van der Waals surface area (Å²) in [6, 6.07) is 0. The highest BCUT2D eigenvalue weighted by atomic mass is 32.1. The Bertz CT molecular complexity index is 289. The van der Waals surface area contributed by atoms with E-state index in [0.717, 1.165) is 26.1 Å². The molecule has 1 unspecified atom stereocenters. The van der Waals surface area contributed by atoms with Crippen LogP contribution in [0, 0.1) is 5.41 Å². The molecule has 0 aromatic rings. The molecular formula is C13H26N2OS. The molecule has 0 radical (unpaired) electrons. The van der Waals surface area contributed by atoms with Crippen LogP contribution in [0.5, 0.6) is 0 Å². The summed E-state index contributed by atoms with van der Waals surface area (Å²) in [5.74, 6) is 0. The second-order valence-electron chi connectivity index (χ2n) is 6.42. The van der Waals surface area contributed by atoms with E-state index in [1.54, 1.807) is 0 Å². The molecule has 0 aromatic carbocycles. The van der Waals surface area contributed by atoms with E-state index >= 15 is 0 Å². The van der Waals surface area contributed by atoms with E-state index in [1.165, 1.54) is 0 Å². The molecule has 100 valence electrons. The molecule has 0 spiro atoms. The van der Waals surface area contributed by atoms with Gasteiger partial charge >= 0.3 is 0 Å². The molecule has 17 heavy (non-hydrogen) atoms. The molecule has 0 amide bonds. The molecule has 0 aromatic heterocycles. The molecule has 0 bridgehead atoms. The molecule has 1 rings (SSSR count). The van der Waals surface area contributed by atoms with Gasteiger partial charge in [-0.3, -0.25) is 4.90 Å². The minimum Gasteiger partial charge on any atom is -0.393 e. The first-order valence-corrected chi connectivity index (χ1v) is 6.73. The molecule has 0 saturated carbocycles. The van der Waals surface area contributed by atoms with E-state index in [4.69, 9.17) is 22.7 Å². The third-order valence-electron chi connectivity index (χ3n) is 3.36. The van der Waals surface area contributed by atoms with Gasteiger partial charge in [-0.1, -0.05) is 26.1 Å². The first-order chi connectivity index (χ1) is 7.62. The summed E-state index contributed by atoms with van der Waals surface area (Å²) < 4.78 is 5.89. The summed E-state index contributed by atoms with van der Waals surface area (Å²) in [5.41, 5.74) is 5.65. The normalized spacial score (nSPS) is 25.8. The summed E-state index contributed by atoms with van der Waals surface area (Å²) >= 11 is 5.10. The lowest BCUT2D eigenvalue weighted by Gasteiger charge is -2.42. The van der Waals surface area contributed by atoms with Gasteiger partial charge in [-0.15, -0.1) is 0 Å². The van der Waals surface area contributed by atoms with Crippen molar-refractivity contribution in [3.63, 3.8) is 0 Å². The van der Waals surface area contributed by atoms with Crippen LogP contribution in [-0.4, -0.2) is 41.2 Å². The van der Waals surface area contributed by atoms with Crippen molar-refractivity contribution >= 4 is 17.2 Å². The predicted molar refractivity (Wildman–Crippen MR) is 76.2 cm³/mol. The second kappa shape index (κ2) is 5.21. The Morgan fingerprint density at radius 2 is 2.12 bits per heavy atom. The summed E-state index contributed by atoms with van der Waals surface area (Å²) in [4.78, 5) is 3.06. The van der Waals surface area contributed by atoms with Crippen LogP contribution in [0.4, 0.5) is 0 Å². The van der Waals surface area contributed by atoms with Crippen molar-refractivity contribution in [1.82, 2.24) is 4.90 Å². The molecule has 1 saturated heterocycles. The lowest BCUT2D eigenvalue weighted by Crippen LogP contribution is -2.52. The van der Waals surface area contributed by atoms with Gasteiger partial charge in [0, 0.05) is 18.5 Å². The van der Waals surface area contributed by atoms with Gasteiger partial charge in [-0.2, -0.15) is 0 Å². The monoisotopic (exact) mass is 258 g/mol. The average molecular weight is 258 g/mol. The van der Waals surface area contributed by atoms with Crippen LogP contribution in [0.15, 0.2) is 0 Å². The molecule has 1 aliphatic heterocycles. The number of thiocarbonyl (C=S) groups is 1. The van der Waals surface area contributed by atoms with Crippen molar-refractivity contribution in [3.05, 3.63) is 0 Å². The molecular weight excluding hydrogens is 232 g/mol. The Balaban J connectivity index is 2.50. The van der Waals surface area contributed by atoms with Gasteiger partial charge in [0.25, 0.3) is 0 Å². The van der Waals surface area contributed by atoms with Crippen LogP contribution in [-0.2, 0) is 4.74 Å². The minimum absolute atomic E-state index is 0.0506. The second-order valence-corrected chi connectivity index (χ2v) is 6.86. The highest BCUT2D eigenvalue weighted by molar-refractivity contribution is 7.80. The number of ether oxygens (including phenoxy) is 1. The van der Waals surface area contributed by atoms with Crippen LogP contribution in [0.3, 0.4) is 0 Å². The quantitative estimate of drug-likeness (QED) is 0.785. The Kier molecular flexibility index (Phi) is 4.55. The number of hydrogen-bond acceptors (Lipinski definition) is 3. The molecule has 1 heterocycles. The van der Waals surface area contributed by atoms with Crippen LogP contribution in [0.1, 0.15) is 41.0 Å². The summed E-state index contributed by atoms with van der Waals surface area (Å²) in [6.07, 6.45) is 1.30. The van der Waals surface area contributed by atoms with Crippen molar-refractivity contribution < 1.29 is 4.74 Å². The van der Waals surface area contributed by atoms with Crippen LogP contribution in [0.25, 0.3) is 0 Å². The Morgan fingerprint density at radius 3 is 2.59 bits per heavy atom. The number of nitrogens with two attached hydrogens (primary N) is 1. The fourth-order valence-electron chi connectivity index (χ4n) is 2.32. The van der Waals surface area contributed by atoms with Gasteiger partial charge in [0.15, 0.2) is 0 Å². The van der Waals surface area contributed by atoms with Gasteiger partial charge in [-0.25, -0.2) is 0 Å². The van der Waals surface area contributed by atoms with Crippen LogP contribution in [0.2, 0.25) is 0 Å². The zero-order valence-corrected chi connectivity index (χ0v) is 12.6. The highest BCUT2D eigenvalue weighted by Crippen LogP contribution is 2.25. The van der Waals surface area contributed by atoms with E-state index in [1.807, 2.05) is 0 Å². The lowest BCUT2D eigenvalue weighted by atomic mass is 9.89. The third-order valence-corrected chi connectivity index (χ3v) is 3.91. The fourth-order valence-corrected chi connectivity index (χ4v) is 2.42. The van der Waals surface area contributed by atoms with Crippen LogP contribution < -0.4 is 5.73 Å². The fraction of sp³-hybridized carbons (Fsp3) is 0.923. The smallest absolute Gasteiger partial charge is 0.0784 e. The lowest BCUT2D eigenvalue weighted by molar-refractivity contribution is -0.129. The Hall–Kier alpha value is -0.190. The first-order valence-electron chi connectivity index (χ1n) is 6.32. The maximum absolute atomic E-state index is 5.89. The zero-order valence-electron chi connectivity index (χ0n) is 11.7.